The van der Waals surface area contributed by atoms with Crippen molar-refractivity contribution in [1.82, 2.24) is 5.32 Å². The summed E-state index contributed by atoms with van der Waals surface area (Å²) in [5, 5.41) is 2.34. The number of unbranched alkanes of at least 4 members (excludes halogenated alkanes) is 2. The molecule has 0 heterocycles. The van der Waals surface area contributed by atoms with Gasteiger partial charge in [0.15, 0.2) is 0 Å². The molecule has 0 aliphatic rings. The Hall–Kier alpha value is -0.240. The third kappa shape index (κ3) is 6.17. The molecule has 0 spiro atoms. The third-order valence-electron chi connectivity index (χ3n) is 1.44. The summed E-state index contributed by atoms with van der Waals surface area (Å²) in [7, 11) is 0. The lowest BCUT2D eigenvalue weighted by molar-refractivity contribution is -0.120. The van der Waals surface area contributed by atoms with Gasteiger partial charge in [-0.05, 0) is 13.3 Å². The molecule has 0 aliphatic carbocycles. The van der Waals surface area contributed by atoms with E-state index >= 15 is 0 Å². The van der Waals surface area contributed by atoms with Gasteiger partial charge in [0.2, 0.25) is 5.91 Å². The van der Waals surface area contributed by atoms with Crippen molar-refractivity contribution in [3.8, 4) is 0 Å². The monoisotopic (exact) mass is 177 g/mol. The molecule has 0 aromatic carbocycles. The van der Waals surface area contributed by atoms with Gasteiger partial charge in [0, 0.05) is 6.54 Å². The van der Waals surface area contributed by atoms with Gasteiger partial charge < -0.3 is 5.32 Å². The lowest BCUT2D eigenvalue weighted by Gasteiger charge is -2.04. The second kappa shape index (κ2) is 6.47. The molecule has 0 saturated heterocycles. The average molecular weight is 178 g/mol. The number of amides is 1. The molecule has 1 N–H and O–H groups in total. The molecule has 11 heavy (non-hydrogen) atoms. The van der Waals surface area contributed by atoms with Crippen LogP contribution in [-0.4, -0.2) is 17.8 Å². The quantitative estimate of drug-likeness (QED) is 0.505. The predicted molar refractivity (Wildman–Crippen MR) is 47.8 cm³/mol. The third-order valence-corrected chi connectivity index (χ3v) is 1.64. The van der Waals surface area contributed by atoms with E-state index in [1.54, 1.807) is 6.92 Å². The number of carbonyl (C=O) groups is 1. The summed E-state index contributed by atoms with van der Waals surface area (Å²) in [6.45, 7) is 4.56. The van der Waals surface area contributed by atoms with Crippen LogP contribution in [0.1, 0.15) is 33.1 Å². The Bertz CT molecular complexity index is 115. The van der Waals surface area contributed by atoms with Crippen LogP contribution in [0.5, 0.6) is 0 Å². The molecule has 3 heteroatoms. The minimum absolute atomic E-state index is 0.0669. The Morgan fingerprint density at radius 1 is 1.55 bits per heavy atom. The molecule has 0 aliphatic heterocycles. The highest BCUT2D eigenvalue weighted by atomic mass is 35.5. The summed E-state index contributed by atoms with van der Waals surface area (Å²) >= 11 is 5.53. The zero-order chi connectivity index (χ0) is 8.69. The zero-order valence-corrected chi connectivity index (χ0v) is 7.95. The maximum absolute atomic E-state index is 10.9. The van der Waals surface area contributed by atoms with E-state index in [2.05, 4.69) is 12.2 Å². The summed E-state index contributed by atoms with van der Waals surface area (Å²) in [6, 6.07) is 0. The van der Waals surface area contributed by atoms with Crippen molar-refractivity contribution in [2.45, 2.75) is 38.5 Å². The number of hydrogen-bond acceptors (Lipinski definition) is 1. The number of nitrogens with one attached hydrogen (secondary N) is 1. The van der Waals surface area contributed by atoms with Crippen LogP contribution in [0.4, 0.5) is 0 Å². The molecule has 0 rings (SSSR count). The van der Waals surface area contributed by atoms with Gasteiger partial charge in [0.05, 0.1) is 0 Å². The van der Waals surface area contributed by atoms with Crippen LogP contribution in [0.25, 0.3) is 0 Å². The number of halogens is 1. The van der Waals surface area contributed by atoms with Gasteiger partial charge in [-0.15, -0.1) is 11.6 Å². The second-order valence-electron chi connectivity index (χ2n) is 2.61. The molecule has 0 bridgehead atoms. The smallest absolute Gasteiger partial charge is 0.237 e. The Kier molecular flexibility index (Phi) is 6.33. The molecule has 66 valence electrons. The Balaban J connectivity index is 3.18. The summed E-state index contributed by atoms with van der Waals surface area (Å²) in [6.07, 6.45) is 3.38. The molecule has 1 unspecified atom stereocenters. The molecule has 1 amide bonds. The molecule has 0 aromatic rings. The van der Waals surface area contributed by atoms with Gasteiger partial charge in [-0.25, -0.2) is 0 Å². The van der Waals surface area contributed by atoms with Crippen LogP contribution in [0.15, 0.2) is 0 Å². The molecule has 0 saturated carbocycles. The molecule has 0 aromatic heterocycles. The van der Waals surface area contributed by atoms with Crippen LogP contribution in [-0.2, 0) is 4.79 Å². The highest BCUT2D eigenvalue weighted by Gasteiger charge is 2.06. The van der Waals surface area contributed by atoms with E-state index in [-0.39, 0.29) is 5.91 Å². The first-order chi connectivity index (χ1) is 5.18. The second-order valence-corrected chi connectivity index (χ2v) is 3.27. The minimum atomic E-state index is -0.406. The van der Waals surface area contributed by atoms with E-state index in [9.17, 15) is 4.79 Å². The van der Waals surface area contributed by atoms with E-state index in [0.717, 1.165) is 19.4 Å². The summed E-state index contributed by atoms with van der Waals surface area (Å²) in [5.41, 5.74) is 0. The first kappa shape index (κ1) is 10.8. The highest BCUT2D eigenvalue weighted by molar-refractivity contribution is 6.30. The van der Waals surface area contributed by atoms with Crippen molar-refractivity contribution in [3.63, 3.8) is 0 Å². The standard InChI is InChI=1S/C8H16ClNO/c1-3-4-5-6-10-8(11)7(2)9/h7H,3-6H2,1-2H3,(H,10,11). The molecule has 0 radical (unpaired) electrons. The number of alkyl halides is 1. The fourth-order valence-corrected chi connectivity index (χ4v) is 0.804. The maximum atomic E-state index is 10.9. The fourth-order valence-electron chi connectivity index (χ4n) is 0.727. The Morgan fingerprint density at radius 3 is 2.64 bits per heavy atom. The van der Waals surface area contributed by atoms with E-state index in [1.807, 2.05) is 0 Å². The van der Waals surface area contributed by atoms with Crippen molar-refractivity contribution in [1.29, 1.82) is 0 Å². The van der Waals surface area contributed by atoms with Gasteiger partial charge in [-0.3, -0.25) is 4.79 Å². The predicted octanol–water partition coefficient (Wildman–Crippen LogP) is 1.92. The topological polar surface area (TPSA) is 29.1 Å². The SMILES string of the molecule is CCCCCNC(=O)C(C)Cl. The van der Waals surface area contributed by atoms with Crippen molar-refractivity contribution < 1.29 is 4.79 Å². The lowest BCUT2D eigenvalue weighted by atomic mass is 10.2. The largest absolute Gasteiger partial charge is 0.355 e. The lowest BCUT2D eigenvalue weighted by Crippen LogP contribution is -2.30. The molecular weight excluding hydrogens is 162 g/mol. The fraction of sp³-hybridized carbons (Fsp3) is 0.875. The molecule has 2 nitrogen and oxygen atoms in total. The zero-order valence-electron chi connectivity index (χ0n) is 7.19. The van der Waals surface area contributed by atoms with Crippen LogP contribution in [0.3, 0.4) is 0 Å². The van der Waals surface area contributed by atoms with Crippen LogP contribution in [0, 0.1) is 0 Å². The first-order valence-electron chi connectivity index (χ1n) is 4.10. The van der Waals surface area contributed by atoms with Crippen molar-refractivity contribution in [3.05, 3.63) is 0 Å². The number of rotatable bonds is 5. The van der Waals surface area contributed by atoms with E-state index < -0.39 is 5.38 Å². The minimum Gasteiger partial charge on any atom is -0.355 e. The van der Waals surface area contributed by atoms with Crippen molar-refractivity contribution in [2.75, 3.05) is 6.54 Å². The summed E-state index contributed by atoms with van der Waals surface area (Å²) in [5.74, 6) is -0.0669. The van der Waals surface area contributed by atoms with Crippen molar-refractivity contribution >= 4 is 17.5 Å². The maximum Gasteiger partial charge on any atom is 0.237 e. The van der Waals surface area contributed by atoms with Crippen LogP contribution >= 0.6 is 11.6 Å². The molecule has 0 fully saturated rings. The number of carbonyl (C=O) groups excluding carboxylic acids is 1. The van der Waals surface area contributed by atoms with Gasteiger partial charge in [-0.2, -0.15) is 0 Å². The normalized spacial score (nSPS) is 12.6. The van der Waals surface area contributed by atoms with E-state index in [1.165, 1.54) is 6.42 Å². The average Bonchev–Trinajstić information content (AvgIpc) is 1.97. The van der Waals surface area contributed by atoms with Crippen LogP contribution in [0.2, 0.25) is 0 Å². The summed E-state index contributed by atoms with van der Waals surface area (Å²) < 4.78 is 0. The summed E-state index contributed by atoms with van der Waals surface area (Å²) in [4.78, 5) is 10.9. The Labute approximate surface area is 73.3 Å². The van der Waals surface area contributed by atoms with E-state index in [4.69, 9.17) is 11.6 Å². The van der Waals surface area contributed by atoms with Gasteiger partial charge in [-0.1, -0.05) is 19.8 Å². The Morgan fingerprint density at radius 2 is 2.18 bits per heavy atom. The molecular formula is C8H16ClNO. The van der Waals surface area contributed by atoms with Crippen LogP contribution < -0.4 is 5.32 Å². The van der Waals surface area contributed by atoms with Gasteiger partial charge >= 0.3 is 0 Å². The van der Waals surface area contributed by atoms with Crippen molar-refractivity contribution in [2.24, 2.45) is 0 Å². The first-order valence-corrected chi connectivity index (χ1v) is 4.54. The number of hydrogen-bond donors (Lipinski definition) is 1. The van der Waals surface area contributed by atoms with E-state index in [0.29, 0.717) is 0 Å². The van der Waals surface area contributed by atoms with Gasteiger partial charge in [0.1, 0.15) is 5.38 Å². The molecule has 1 atom stereocenters. The highest BCUT2D eigenvalue weighted by Crippen LogP contribution is 1.94. The van der Waals surface area contributed by atoms with Gasteiger partial charge in [0.25, 0.3) is 0 Å².